The molecule has 1 amide bonds. The van der Waals surface area contributed by atoms with Crippen molar-refractivity contribution in [2.24, 2.45) is 0 Å². The van der Waals surface area contributed by atoms with E-state index in [1.54, 1.807) is 18.2 Å². The van der Waals surface area contributed by atoms with Crippen LogP contribution in [-0.4, -0.2) is 24.3 Å². The SMILES string of the molecule is O=C1CCc2cc(C(=O)COC(=O)c3ccc(F)cc3Br)ccc2N1. The van der Waals surface area contributed by atoms with E-state index in [1.807, 2.05) is 0 Å². The highest BCUT2D eigenvalue weighted by Crippen LogP contribution is 2.24. The number of carbonyl (C=O) groups is 3. The van der Waals surface area contributed by atoms with Crippen LogP contribution < -0.4 is 5.32 Å². The van der Waals surface area contributed by atoms with Crippen LogP contribution in [-0.2, 0) is 16.0 Å². The molecule has 2 aromatic carbocycles. The number of hydrogen-bond acceptors (Lipinski definition) is 4. The molecule has 0 spiro atoms. The molecule has 1 aliphatic rings. The first-order chi connectivity index (χ1) is 11.9. The zero-order valence-electron chi connectivity index (χ0n) is 13.0. The molecule has 0 aromatic heterocycles. The fraction of sp³-hybridized carbons (Fsp3) is 0.167. The van der Waals surface area contributed by atoms with Crippen molar-refractivity contribution in [2.75, 3.05) is 11.9 Å². The van der Waals surface area contributed by atoms with Gasteiger partial charge < -0.3 is 10.1 Å². The van der Waals surface area contributed by atoms with Gasteiger partial charge in [-0.3, -0.25) is 9.59 Å². The number of amides is 1. The van der Waals surface area contributed by atoms with Crippen LogP contribution in [0.3, 0.4) is 0 Å². The molecule has 25 heavy (non-hydrogen) atoms. The second kappa shape index (κ2) is 7.14. The van der Waals surface area contributed by atoms with Crippen LogP contribution in [0, 0.1) is 5.82 Å². The lowest BCUT2D eigenvalue weighted by Crippen LogP contribution is -2.20. The van der Waals surface area contributed by atoms with Crippen LogP contribution in [0.1, 0.15) is 32.7 Å². The van der Waals surface area contributed by atoms with Crippen molar-refractivity contribution in [1.29, 1.82) is 0 Å². The highest BCUT2D eigenvalue weighted by atomic mass is 79.9. The zero-order valence-corrected chi connectivity index (χ0v) is 14.6. The van der Waals surface area contributed by atoms with Crippen molar-refractivity contribution >= 4 is 39.3 Å². The molecule has 1 heterocycles. The number of rotatable bonds is 4. The van der Waals surface area contributed by atoms with E-state index >= 15 is 0 Å². The molecule has 0 radical (unpaired) electrons. The van der Waals surface area contributed by atoms with Crippen LogP contribution >= 0.6 is 15.9 Å². The van der Waals surface area contributed by atoms with E-state index in [0.717, 1.165) is 17.7 Å². The Morgan fingerprint density at radius 2 is 1.96 bits per heavy atom. The van der Waals surface area contributed by atoms with Crippen LogP contribution in [0.5, 0.6) is 0 Å². The Labute approximate surface area is 151 Å². The van der Waals surface area contributed by atoms with Crippen molar-refractivity contribution in [1.82, 2.24) is 0 Å². The Bertz CT molecular complexity index is 881. The van der Waals surface area contributed by atoms with Gasteiger partial charge in [-0.15, -0.1) is 0 Å². The Morgan fingerprint density at radius 3 is 2.72 bits per heavy atom. The van der Waals surface area contributed by atoms with Gasteiger partial charge in [0.2, 0.25) is 5.91 Å². The Balaban J connectivity index is 1.66. The lowest BCUT2D eigenvalue weighted by molar-refractivity contribution is -0.116. The smallest absolute Gasteiger partial charge is 0.339 e. The van der Waals surface area contributed by atoms with Crippen LogP contribution in [0.4, 0.5) is 10.1 Å². The molecule has 0 fully saturated rings. The summed E-state index contributed by atoms with van der Waals surface area (Å²) < 4.78 is 18.3. The van der Waals surface area contributed by atoms with Gasteiger partial charge >= 0.3 is 5.97 Å². The summed E-state index contributed by atoms with van der Waals surface area (Å²) in [6, 6.07) is 8.51. The number of ether oxygens (including phenoxy) is 1. The molecule has 0 bridgehead atoms. The van der Waals surface area contributed by atoms with Gasteiger partial charge in [-0.05, 0) is 64.3 Å². The molecule has 0 saturated heterocycles. The summed E-state index contributed by atoms with van der Waals surface area (Å²) in [6.07, 6.45) is 0.933. The molecule has 0 saturated carbocycles. The third-order valence-corrected chi connectivity index (χ3v) is 4.46. The second-order valence-corrected chi connectivity index (χ2v) is 6.40. The van der Waals surface area contributed by atoms with E-state index in [1.165, 1.54) is 6.07 Å². The van der Waals surface area contributed by atoms with Crippen molar-refractivity contribution in [3.05, 3.63) is 63.4 Å². The summed E-state index contributed by atoms with van der Waals surface area (Å²) in [5.41, 5.74) is 2.11. The molecule has 1 aliphatic heterocycles. The van der Waals surface area contributed by atoms with E-state index in [2.05, 4.69) is 21.2 Å². The first-order valence-electron chi connectivity index (χ1n) is 7.52. The normalized spacial score (nSPS) is 13.0. The zero-order chi connectivity index (χ0) is 18.0. The van der Waals surface area contributed by atoms with Gasteiger partial charge in [0.25, 0.3) is 0 Å². The summed E-state index contributed by atoms with van der Waals surface area (Å²) in [4.78, 5) is 35.6. The summed E-state index contributed by atoms with van der Waals surface area (Å²) >= 11 is 3.09. The van der Waals surface area contributed by atoms with Crippen molar-refractivity contribution < 1.29 is 23.5 Å². The fourth-order valence-corrected chi connectivity index (χ4v) is 3.02. The number of Topliss-reactive ketones (excluding diaryl/α,β-unsaturated/α-hetero) is 1. The topological polar surface area (TPSA) is 72.5 Å². The molecule has 0 unspecified atom stereocenters. The third kappa shape index (κ3) is 3.93. The Morgan fingerprint density at radius 1 is 1.16 bits per heavy atom. The maximum atomic E-state index is 13.0. The van der Waals surface area contributed by atoms with E-state index in [-0.39, 0.29) is 21.7 Å². The minimum Gasteiger partial charge on any atom is -0.454 e. The number of anilines is 1. The first-order valence-corrected chi connectivity index (χ1v) is 8.31. The molecule has 1 N–H and O–H groups in total. The summed E-state index contributed by atoms with van der Waals surface area (Å²) in [5, 5.41) is 2.74. The number of fused-ring (bicyclic) bond motifs is 1. The van der Waals surface area contributed by atoms with Crippen molar-refractivity contribution in [2.45, 2.75) is 12.8 Å². The second-order valence-electron chi connectivity index (χ2n) is 5.54. The van der Waals surface area contributed by atoms with Gasteiger partial charge in [0.1, 0.15) is 5.82 Å². The lowest BCUT2D eigenvalue weighted by Gasteiger charge is -2.17. The quantitative estimate of drug-likeness (QED) is 0.623. The average molecular weight is 406 g/mol. The van der Waals surface area contributed by atoms with Crippen LogP contribution in [0.2, 0.25) is 0 Å². The van der Waals surface area contributed by atoms with Gasteiger partial charge in [0.15, 0.2) is 12.4 Å². The minimum absolute atomic E-state index is 0.0506. The van der Waals surface area contributed by atoms with Gasteiger partial charge in [-0.2, -0.15) is 0 Å². The Hall–Kier alpha value is -2.54. The number of benzene rings is 2. The summed E-state index contributed by atoms with van der Waals surface area (Å²) in [7, 11) is 0. The number of esters is 1. The average Bonchev–Trinajstić information content (AvgIpc) is 2.58. The van der Waals surface area contributed by atoms with E-state index in [9.17, 15) is 18.8 Å². The van der Waals surface area contributed by atoms with Crippen molar-refractivity contribution in [3.63, 3.8) is 0 Å². The first kappa shape index (κ1) is 17.3. The number of halogens is 2. The lowest BCUT2D eigenvalue weighted by atomic mass is 9.99. The standard InChI is InChI=1S/C18H13BrFNO4/c19-14-8-12(20)3-4-13(14)18(24)25-9-16(22)11-1-5-15-10(7-11)2-6-17(23)21-15/h1,3-5,7-8H,2,6,9H2,(H,21,23). The molecule has 3 rings (SSSR count). The molecule has 7 heteroatoms. The number of carbonyl (C=O) groups excluding carboxylic acids is 3. The van der Waals surface area contributed by atoms with Gasteiger partial charge in [-0.1, -0.05) is 0 Å². The molecule has 128 valence electrons. The van der Waals surface area contributed by atoms with E-state index in [4.69, 9.17) is 4.74 Å². The predicted molar refractivity (Wildman–Crippen MR) is 92.1 cm³/mol. The Kier molecular flexibility index (Phi) is 4.94. The molecular weight excluding hydrogens is 393 g/mol. The minimum atomic E-state index is -0.717. The monoisotopic (exact) mass is 405 g/mol. The largest absolute Gasteiger partial charge is 0.454 e. The van der Waals surface area contributed by atoms with Crippen LogP contribution in [0.25, 0.3) is 0 Å². The van der Waals surface area contributed by atoms with Crippen molar-refractivity contribution in [3.8, 4) is 0 Å². The molecular formula is C18H13BrFNO4. The maximum absolute atomic E-state index is 13.0. The van der Waals surface area contributed by atoms with E-state index < -0.39 is 18.4 Å². The van der Waals surface area contributed by atoms with E-state index in [0.29, 0.717) is 24.1 Å². The summed E-state index contributed by atoms with van der Waals surface area (Å²) in [5.74, 6) is -1.61. The van der Waals surface area contributed by atoms with Gasteiger partial charge in [-0.25, -0.2) is 9.18 Å². The fourth-order valence-electron chi connectivity index (χ4n) is 2.50. The summed E-state index contributed by atoms with van der Waals surface area (Å²) in [6.45, 7) is -0.423. The number of nitrogens with one attached hydrogen (secondary N) is 1. The number of aryl methyl sites for hydroxylation is 1. The molecule has 5 nitrogen and oxygen atoms in total. The molecule has 0 aliphatic carbocycles. The highest BCUT2D eigenvalue weighted by Gasteiger charge is 2.18. The van der Waals surface area contributed by atoms with Crippen LogP contribution in [0.15, 0.2) is 40.9 Å². The molecule has 0 atom stereocenters. The molecule has 2 aromatic rings. The highest BCUT2D eigenvalue weighted by molar-refractivity contribution is 9.10. The third-order valence-electron chi connectivity index (χ3n) is 3.81. The van der Waals surface area contributed by atoms with Gasteiger partial charge in [0.05, 0.1) is 5.56 Å². The van der Waals surface area contributed by atoms with Gasteiger partial charge in [0, 0.05) is 22.1 Å². The predicted octanol–water partition coefficient (Wildman–Crippen LogP) is 3.51. The maximum Gasteiger partial charge on any atom is 0.339 e. The number of ketones is 1. The number of hydrogen-bond donors (Lipinski definition) is 1.